The lowest BCUT2D eigenvalue weighted by Gasteiger charge is -2.34. The number of piperidine rings is 1. The molecule has 1 aromatic carbocycles. The minimum Gasteiger partial charge on any atom is -0.317 e. The van der Waals surface area contributed by atoms with Crippen molar-refractivity contribution in [2.75, 3.05) is 26.2 Å². The standard InChI is InChI=1S/C18H22FN3/c19-16-4-3-14(17-15(16)2-1-8-21-17)12-22-11-7-18(13-22)5-9-20-10-6-18/h1-4,8,20H,5-7,9-13H2. The van der Waals surface area contributed by atoms with E-state index in [9.17, 15) is 4.39 Å². The summed E-state index contributed by atoms with van der Waals surface area (Å²) in [4.78, 5) is 6.93. The molecule has 0 atom stereocenters. The van der Waals surface area contributed by atoms with Crippen LogP contribution in [0.4, 0.5) is 4.39 Å². The Morgan fingerprint density at radius 1 is 1.18 bits per heavy atom. The number of pyridine rings is 1. The quantitative estimate of drug-likeness (QED) is 0.924. The maximum atomic E-state index is 13.9. The SMILES string of the molecule is Fc1ccc(CN2CCC3(CCNCC3)C2)c2ncccc12. The first-order chi connectivity index (χ1) is 10.8. The average molecular weight is 299 g/mol. The number of hydrogen-bond acceptors (Lipinski definition) is 3. The molecule has 1 spiro atoms. The molecule has 0 saturated carbocycles. The third-order valence-corrected chi connectivity index (χ3v) is 5.38. The molecule has 116 valence electrons. The molecule has 3 nitrogen and oxygen atoms in total. The van der Waals surface area contributed by atoms with Crippen LogP contribution in [0.25, 0.3) is 10.9 Å². The fourth-order valence-electron chi connectivity index (χ4n) is 4.09. The molecule has 2 aromatic rings. The number of rotatable bonds is 2. The van der Waals surface area contributed by atoms with E-state index in [1.165, 1.54) is 25.8 Å². The molecule has 0 aliphatic carbocycles. The lowest BCUT2D eigenvalue weighted by Crippen LogP contribution is -2.38. The van der Waals surface area contributed by atoms with Gasteiger partial charge in [-0.15, -0.1) is 0 Å². The molecule has 2 aliphatic rings. The van der Waals surface area contributed by atoms with Gasteiger partial charge in [-0.3, -0.25) is 9.88 Å². The normalized spacial score (nSPS) is 21.7. The maximum Gasteiger partial charge on any atom is 0.132 e. The number of likely N-dealkylation sites (tertiary alicyclic amines) is 1. The molecule has 0 radical (unpaired) electrons. The smallest absolute Gasteiger partial charge is 0.132 e. The third kappa shape index (κ3) is 2.50. The third-order valence-electron chi connectivity index (χ3n) is 5.38. The highest BCUT2D eigenvalue weighted by Crippen LogP contribution is 2.39. The Morgan fingerprint density at radius 2 is 2.05 bits per heavy atom. The van der Waals surface area contributed by atoms with E-state index >= 15 is 0 Å². The van der Waals surface area contributed by atoms with Crippen LogP contribution in [-0.4, -0.2) is 36.1 Å². The molecule has 0 unspecified atom stereocenters. The largest absolute Gasteiger partial charge is 0.317 e. The molecule has 2 fully saturated rings. The number of benzene rings is 1. The van der Waals surface area contributed by atoms with Crippen molar-refractivity contribution in [3.63, 3.8) is 0 Å². The molecule has 2 aliphatic heterocycles. The number of aromatic nitrogens is 1. The van der Waals surface area contributed by atoms with Gasteiger partial charge in [0.15, 0.2) is 0 Å². The summed E-state index contributed by atoms with van der Waals surface area (Å²) >= 11 is 0. The minimum atomic E-state index is -0.178. The zero-order valence-corrected chi connectivity index (χ0v) is 12.8. The monoisotopic (exact) mass is 299 g/mol. The van der Waals surface area contributed by atoms with Crippen LogP contribution in [0.1, 0.15) is 24.8 Å². The Morgan fingerprint density at radius 3 is 2.91 bits per heavy atom. The Kier molecular flexibility index (Phi) is 3.59. The number of fused-ring (bicyclic) bond motifs is 1. The Labute approximate surface area is 130 Å². The molecule has 22 heavy (non-hydrogen) atoms. The van der Waals surface area contributed by atoms with E-state index in [0.717, 1.165) is 37.3 Å². The summed E-state index contributed by atoms with van der Waals surface area (Å²) in [6.45, 7) is 5.48. The summed E-state index contributed by atoms with van der Waals surface area (Å²) in [5.41, 5.74) is 2.46. The maximum absolute atomic E-state index is 13.9. The minimum absolute atomic E-state index is 0.178. The average Bonchev–Trinajstić information content (AvgIpc) is 2.93. The van der Waals surface area contributed by atoms with Crippen molar-refractivity contribution in [2.45, 2.75) is 25.8 Å². The second-order valence-electron chi connectivity index (χ2n) is 6.82. The molecular weight excluding hydrogens is 277 g/mol. The van der Waals surface area contributed by atoms with Gasteiger partial charge in [-0.1, -0.05) is 6.07 Å². The topological polar surface area (TPSA) is 28.2 Å². The van der Waals surface area contributed by atoms with Crippen LogP contribution < -0.4 is 5.32 Å². The van der Waals surface area contributed by atoms with Gasteiger partial charge in [0.25, 0.3) is 0 Å². The Balaban J connectivity index is 1.56. The van der Waals surface area contributed by atoms with Crippen LogP contribution in [0, 0.1) is 11.2 Å². The summed E-state index contributed by atoms with van der Waals surface area (Å²) in [6.07, 6.45) is 5.61. The van der Waals surface area contributed by atoms with Crippen LogP contribution in [0.2, 0.25) is 0 Å². The van der Waals surface area contributed by atoms with E-state index in [2.05, 4.69) is 15.2 Å². The van der Waals surface area contributed by atoms with Crippen LogP contribution in [-0.2, 0) is 6.54 Å². The number of halogens is 1. The molecule has 4 rings (SSSR count). The van der Waals surface area contributed by atoms with Gasteiger partial charge in [-0.2, -0.15) is 0 Å². The zero-order chi connectivity index (χ0) is 15.0. The first-order valence-electron chi connectivity index (χ1n) is 8.21. The van der Waals surface area contributed by atoms with E-state index in [4.69, 9.17) is 0 Å². The van der Waals surface area contributed by atoms with Crippen molar-refractivity contribution < 1.29 is 4.39 Å². The summed E-state index contributed by atoms with van der Waals surface area (Å²) in [7, 11) is 0. The Hall–Kier alpha value is -1.52. The van der Waals surface area contributed by atoms with Crippen molar-refractivity contribution in [1.29, 1.82) is 0 Å². The van der Waals surface area contributed by atoms with Crippen molar-refractivity contribution in [3.8, 4) is 0 Å². The summed E-state index contributed by atoms with van der Waals surface area (Å²) in [5, 5.41) is 4.10. The van der Waals surface area contributed by atoms with E-state index in [1.54, 1.807) is 18.3 Å². The Bertz CT molecular complexity index is 679. The second kappa shape index (κ2) is 5.60. The van der Waals surface area contributed by atoms with E-state index in [1.807, 2.05) is 12.1 Å². The van der Waals surface area contributed by atoms with Crippen LogP contribution in [0.5, 0.6) is 0 Å². The number of hydrogen-bond donors (Lipinski definition) is 1. The zero-order valence-electron chi connectivity index (χ0n) is 12.8. The summed E-state index contributed by atoms with van der Waals surface area (Å²) in [6, 6.07) is 7.10. The van der Waals surface area contributed by atoms with Crippen LogP contribution in [0.15, 0.2) is 30.5 Å². The molecule has 1 N–H and O–H groups in total. The second-order valence-corrected chi connectivity index (χ2v) is 6.82. The van der Waals surface area contributed by atoms with E-state index < -0.39 is 0 Å². The highest BCUT2D eigenvalue weighted by molar-refractivity contribution is 5.82. The molecule has 1 aromatic heterocycles. The van der Waals surface area contributed by atoms with Crippen LogP contribution in [0.3, 0.4) is 0 Å². The fourth-order valence-corrected chi connectivity index (χ4v) is 4.09. The highest BCUT2D eigenvalue weighted by atomic mass is 19.1. The number of nitrogens with zero attached hydrogens (tertiary/aromatic N) is 2. The predicted molar refractivity (Wildman–Crippen MR) is 86.1 cm³/mol. The van der Waals surface area contributed by atoms with Gasteiger partial charge < -0.3 is 5.32 Å². The lowest BCUT2D eigenvalue weighted by molar-refractivity contribution is 0.194. The molecule has 3 heterocycles. The number of nitrogens with one attached hydrogen (secondary N) is 1. The van der Waals surface area contributed by atoms with Crippen molar-refractivity contribution in [1.82, 2.24) is 15.2 Å². The fraction of sp³-hybridized carbons (Fsp3) is 0.500. The lowest BCUT2D eigenvalue weighted by atomic mass is 9.78. The van der Waals surface area contributed by atoms with E-state index in [0.29, 0.717) is 10.8 Å². The van der Waals surface area contributed by atoms with Gasteiger partial charge in [0.1, 0.15) is 5.82 Å². The van der Waals surface area contributed by atoms with Gasteiger partial charge >= 0.3 is 0 Å². The van der Waals surface area contributed by atoms with Crippen molar-refractivity contribution in [3.05, 3.63) is 41.8 Å². The van der Waals surface area contributed by atoms with Crippen molar-refractivity contribution in [2.24, 2.45) is 5.41 Å². The summed E-state index contributed by atoms with van der Waals surface area (Å²) in [5.74, 6) is -0.178. The van der Waals surface area contributed by atoms with Gasteiger partial charge in [-0.25, -0.2) is 4.39 Å². The first-order valence-corrected chi connectivity index (χ1v) is 8.21. The first kappa shape index (κ1) is 14.1. The molecule has 4 heteroatoms. The molecule has 2 saturated heterocycles. The van der Waals surface area contributed by atoms with Gasteiger partial charge in [-0.05, 0) is 68.1 Å². The van der Waals surface area contributed by atoms with Gasteiger partial charge in [0, 0.05) is 24.7 Å². The van der Waals surface area contributed by atoms with Crippen molar-refractivity contribution >= 4 is 10.9 Å². The predicted octanol–water partition coefficient (Wildman–Crippen LogP) is 2.95. The van der Waals surface area contributed by atoms with Gasteiger partial charge in [0.05, 0.1) is 5.52 Å². The van der Waals surface area contributed by atoms with E-state index in [-0.39, 0.29) is 5.82 Å². The molecule has 0 amide bonds. The van der Waals surface area contributed by atoms with Gasteiger partial charge in [0.2, 0.25) is 0 Å². The molecule has 0 bridgehead atoms. The molecular formula is C18H22FN3. The van der Waals surface area contributed by atoms with Crippen LogP contribution >= 0.6 is 0 Å². The highest BCUT2D eigenvalue weighted by Gasteiger charge is 2.38. The summed E-state index contributed by atoms with van der Waals surface area (Å²) < 4.78 is 13.9.